The lowest BCUT2D eigenvalue weighted by Crippen LogP contribution is -2.41. The first-order valence-electron chi connectivity index (χ1n) is 8.75. The zero-order chi connectivity index (χ0) is 18.0. The van der Waals surface area contributed by atoms with Gasteiger partial charge in [0.1, 0.15) is 4.21 Å². The highest BCUT2D eigenvalue weighted by molar-refractivity contribution is 7.91. The minimum absolute atomic E-state index is 0.301. The van der Waals surface area contributed by atoms with Crippen molar-refractivity contribution in [1.82, 2.24) is 15.4 Å². The van der Waals surface area contributed by atoms with Gasteiger partial charge in [-0.05, 0) is 43.6 Å². The molecule has 0 spiro atoms. The van der Waals surface area contributed by atoms with Gasteiger partial charge in [-0.15, -0.1) is 11.3 Å². The van der Waals surface area contributed by atoms with E-state index in [0.29, 0.717) is 29.8 Å². The molecule has 0 bridgehead atoms. The van der Waals surface area contributed by atoms with Gasteiger partial charge in [-0.1, -0.05) is 6.07 Å². The molecule has 1 aliphatic carbocycles. The fourth-order valence-electron chi connectivity index (χ4n) is 2.09. The lowest BCUT2D eigenvalue weighted by Gasteiger charge is -2.11. The maximum Gasteiger partial charge on any atom is 0.250 e. The molecule has 1 aromatic rings. The standard InChI is InChI=1S/C16H28N4O3S2/c1-2-17-16(18-8-4-11-23-13-14-6-7-14)19-9-10-20-25(21,22)15-5-3-12-24-15/h3,5,12,14,20H,2,4,6-11,13H2,1H3,(H2,17,18,19). The third-order valence-electron chi connectivity index (χ3n) is 3.58. The van der Waals surface area contributed by atoms with Gasteiger partial charge < -0.3 is 15.4 Å². The van der Waals surface area contributed by atoms with E-state index in [1.54, 1.807) is 17.5 Å². The molecule has 0 saturated heterocycles. The zero-order valence-corrected chi connectivity index (χ0v) is 16.3. The van der Waals surface area contributed by atoms with Crippen LogP contribution in [-0.2, 0) is 14.8 Å². The molecule has 25 heavy (non-hydrogen) atoms. The monoisotopic (exact) mass is 388 g/mol. The van der Waals surface area contributed by atoms with Crippen molar-refractivity contribution in [2.75, 3.05) is 39.4 Å². The number of hydrogen-bond donors (Lipinski definition) is 3. The molecule has 9 heteroatoms. The zero-order valence-electron chi connectivity index (χ0n) is 14.7. The number of rotatable bonds is 12. The number of nitrogens with one attached hydrogen (secondary N) is 3. The molecule has 0 atom stereocenters. The molecule has 0 amide bonds. The average molecular weight is 389 g/mol. The van der Waals surface area contributed by atoms with Gasteiger partial charge in [0.05, 0.1) is 0 Å². The van der Waals surface area contributed by atoms with Crippen LogP contribution in [0.2, 0.25) is 0 Å². The third-order valence-corrected chi connectivity index (χ3v) is 6.44. The molecule has 3 N–H and O–H groups in total. The predicted octanol–water partition coefficient (Wildman–Crippen LogP) is 1.40. The fourth-order valence-corrected chi connectivity index (χ4v) is 4.16. The normalized spacial score (nSPS) is 15.3. The number of sulfonamides is 1. The lowest BCUT2D eigenvalue weighted by molar-refractivity contribution is 0.123. The molecule has 1 saturated carbocycles. The number of ether oxygens (including phenoxy) is 1. The van der Waals surface area contributed by atoms with E-state index in [9.17, 15) is 8.42 Å². The molecule has 7 nitrogen and oxygen atoms in total. The van der Waals surface area contributed by atoms with Crippen molar-refractivity contribution >= 4 is 27.3 Å². The Balaban J connectivity index is 1.61. The number of nitrogens with zero attached hydrogens (tertiary/aromatic N) is 1. The Morgan fingerprint density at radius 2 is 2.20 bits per heavy atom. The SMILES string of the molecule is CCNC(=NCCCOCC1CC1)NCCNS(=O)(=O)c1cccs1. The second-order valence-electron chi connectivity index (χ2n) is 5.89. The van der Waals surface area contributed by atoms with Crippen molar-refractivity contribution in [3.8, 4) is 0 Å². The van der Waals surface area contributed by atoms with Crippen LogP contribution in [0.3, 0.4) is 0 Å². The van der Waals surface area contributed by atoms with Gasteiger partial charge in [0.15, 0.2) is 5.96 Å². The first-order valence-corrected chi connectivity index (χ1v) is 11.1. The number of guanidine groups is 1. The number of hydrogen-bond acceptors (Lipinski definition) is 5. The van der Waals surface area contributed by atoms with Gasteiger partial charge in [0.25, 0.3) is 0 Å². The third kappa shape index (κ3) is 8.17. The maximum atomic E-state index is 12.0. The molecule has 1 aliphatic rings. The Hall–Kier alpha value is -1.16. The van der Waals surface area contributed by atoms with E-state index in [1.807, 2.05) is 6.92 Å². The summed E-state index contributed by atoms with van der Waals surface area (Å²) in [5.41, 5.74) is 0. The summed E-state index contributed by atoms with van der Waals surface area (Å²) >= 11 is 1.21. The molecular formula is C16H28N4O3S2. The molecule has 0 aromatic carbocycles. The summed E-state index contributed by atoms with van der Waals surface area (Å²) in [5, 5.41) is 8.03. The van der Waals surface area contributed by atoms with Gasteiger partial charge in [0.2, 0.25) is 10.0 Å². The molecule has 1 heterocycles. The summed E-state index contributed by atoms with van der Waals surface area (Å²) in [6.07, 6.45) is 3.50. The van der Waals surface area contributed by atoms with Crippen LogP contribution >= 0.6 is 11.3 Å². The highest BCUT2D eigenvalue weighted by Crippen LogP contribution is 2.28. The maximum absolute atomic E-state index is 12.0. The Labute approximate surface area is 154 Å². The van der Waals surface area contributed by atoms with Crippen LogP contribution in [0.1, 0.15) is 26.2 Å². The summed E-state index contributed by atoms with van der Waals surface area (Å²) in [6, 6.07) is 3.32. The summed E-state index contributed by atoms with van der Waals surface area (Å²) in [6.45, 7) is 5.82. The topological polar surface area (TPSA) is 91.8 Å². The molecule has 1 fully saturated rings. The van der Waals surface area contributed by atoms with Gasteiger partial charge in [-0.3, -0.25) is 4.99 Å². The van der Waals surface area contributed by atoms with Gasteiger partial charge in [-0.2, -0.15) is 0 Å². The Kier molecular flexibility index (Phi) is 8.66. The molecule has 0 aliphatic heterocycles. The van der Waals surface area contributed by atoms with Crippen molar-refractivity contribution < 1.29 is 13.2 Å². The summed E-state index contributed by atoms with van der Waals surface area (Å²) in [4.78, 5) is 4.47. The number of thiophene rings is 1. The van der Waals surface area contributed by atoms with E-state index in [4.69, 9.17) is 4.74 Å². The number of aliphatic imine (C=N–C) groups is 1. The van der Waals surface area contributed by atoms with E-state index >= 15 is 0 Å². The van der Waals surface area contributed by atoms with Crippen molar-refractivity contribution in [3.63, 3.8) is 0 Å². The van der Waals surface area contributed by atoms with Crippen LogP contribution in [0.5, 0.6) is 0 Å². The summed E-state index contributed by atoms with van der Waals surface area (Å²) in [5.74, 6) is 1.49. The van der Waals surface area contributed by atoms with Gasteiger partial charge in [0, 0.05) is 39.4 Å². The van der Waals surface area contributed by atoms with Crippen LogP contribution < -0.4 is 15.4 Å². The highest BCUT2D eigenvalue weighted by Gasteiger charge is 2.20. The second-order valence-corrected chi connectivity index (χ2v) is 8.83. The van der Waals surface area contributed by atoms with E-state index in [1.165, 1.54) is 24.2 Å². The highest BCUT2D eigenvalue weighted by atomic mass is 32.2. The Morgan fingerprint density at radius 3 is 2.88 bits per heavy atom. The smallest absolute Gasteiger partial charge is 0.250 e. The van der Waals surface area contributed by atoms with Crippen molar-refractivity contribution in [2.24, 2.45) is 10.9 Å². The first-order chi connectivity index (χ1) is 12.1. The van der Waals surface area contributed by atoms with Crippen molar-refractivity contribution in [3.05, 3.63) is 17.5 Å². The van der Waals surface area contributed by atoms with E-state index < -0.39 is 10.0 Å². The van der Waals surface area contributed by atoms with Crippen LogP contribution in [0.15, 0.2) is 26.7 Å². The molecule has 1 aromatic heterocycles. The predicted molar refractivity (Wildman–Crippen MR) is 102 cm³/mol. The van der Waals surface area contributed by atoms with Crippen molar-refractivity contribution in [2.45, 2.75) is 30.4 Å². The molecule has 0 unspecified atom stereocenters. The van der Waals surface area contributed by atoms with Crippen molar-refractivity contribution in [1.29, 1.82) is 0 Å². The quantitative estimate of drug-likeness (QED) is 0.286. The summed E-state index contributed by atoms with van der Waals surface area (Å²) < 4.78 is 32.5. The minimum atomic E-state index is -3.40. The first kappa shape index (κ1) is 20.2. The van der Waals surface area contributed by atoms with E-state index in [-0.39, 0.29) is 0 Å². The lowest BCUT2D eigenvalue weighted by atomic mass is 10.4. The minimum Gasteiger partial charge on any atom is -0.381 e. The fraction of sp³-hybridized carbons (Fsp3) is 0.688. The van der Waals surface area contributed by atoms with Gasteiger partial charge in [-0.25, -0.2) is 13.1 Å². The van der Waals surface area contributed by atoms with Crippen LogP contribution in [0, 0.1) is 5.92 Å². The van der Waals surface area contributed by atoms with Crippen LogP contribution in [0.4, 0.5) is 0 Å². The molecular weight excluding hydrogens is 360 g/mol. The van der Waals surface area contributed by atoms with Gasteiger partial charge >= 0.3 is 0 Å². The average Bonchev–Trinajstić information content (AvgIpc) is 3.23. The molecule has 0 radical (unpaired) electrons. The Bertz CT molecular complexity index is 613. The summed E-state index contributed by atoms with van der Waals surface area (Å²) in [7, 11) is -3.40. The molecule has 142 valence electrons. The van der Waals surface area contributed by atoms with E-state index in [0.717, 1.165) is 32.1 Å². The second kappa shape index (κ2) is 10.7. The largest absolute Gasteiger partial charge is 0.381 e. The Morgan fingerprint density at radius 1 is 1.36 bits per heavy atom. The van der Waals surface area contributed by atoms with E-state index in [2.05, 4.69) is 20.3 Å². The molecule has 2 rings (SSSR count). The van der Waals surface area contributed by atoms with Crippen LogP contribution in [0.25, 0.3) is 0 Å². The van der Waals surface area contributed by atoms with Crippen LogP contribution in [-0.4, -0.2) is 53.8 Å².